The Morgan fingerprint density at radius 3 is 2.62 bits per heavy atom. The SMILES string of the molecule is CCCc1cc(-c2nnc(SCC(=O)Nc3ccc(CC)cc3)n2C(C)C)cs1. The van der Waals surface area contributed by atoms with E-state index < -0.39 is 0 Å². The predicted molar refractivity (Wildman–Crippen MR) is 123 cm³/mol. The quantitative estimate of drug-likeness (QED) is 0.435. The number of thioether (sulfide) groups is 1. The zero-order valence-corrected chi connectivity index (χ0v) is 19.1. The minimum Gasteiger partial charge on any atom is -0.325 e. The summed E-state index contributed by atoms with van der Waals surface area (Å²) >= 11 is 3.19. The standard InChI is InChI=1S/C22H28N4OS2/c1-5-7-19-12-17(13-28-19)21-24-25-22(26(21)15(3)4)29-14-20(27)23-18-10-8-16(6-2)9-11-18/h8-13,15H,5-7,14H2,1-4H3,(H,23,27). The Balaban J connectivity index is 1.68. The fraction of sp³-hybridized carbons (Fsp3) is 0.409. The number of carbonyl (C=O) groups excluding carboxylic acids is 1. The average Bonchev–Trinajstić information content (AvgIpc) is 3.34. The van der Waals surface area contributed by atoms with Gasteiger partial charge in [-0.1, -0.05) is 44.2 Å². The molecule has 1 N–H and O–H groups in total. The molecule has 3 rings (SSSR count). The number of anilines is 1. The van der Waals surface area contributed by atoms with Crippen molar-refractivity contribution < 1.29 is 4.79 Å². The summed E-state index contributed by atoms with van der Waals surface area (Å²) < 4.78 is 2.12. The molecule has 3 aromatic rings. The molecular weight excluding hydrogens is 400 g/mol. The molecule has 154 valence electrons. The minimum atomic E-state index is -0.0418. The number of amides is 1. The first-order valence-electron chi connectivity index (χ1n) is 10.1. The Hall–Kier alpha value is -2.12. The lowest BCUT2D eigenvalue weighted by Crippen LogP contribution is -2.15. The minimum absolute atomic E-state index is 0.0418. The van der Waals surface area contributed by atoms with Gasteiger partial charge in [0.15, 0.2) is 11.0 Å². The summed E-state index contributed by atoms with van der Waals surface area (Å²) in [6.45, 7) is 8.54. The van der Waals surface area contributed by atoms with Gasteiger partial charge in [0.2, 0.25) is 5.91 Å². The maximum Gasteiger partial charge on any atom is 0.234 e. The van der Waals surface area contributed by atoms with Crippen molar-refractivity contribution in [3.63, 3.8) is 0 Å². The van der Waals surface area contributed by atoms with E-state index in [1.807, 2.05) is 24.3 Å². The highest BCUT2D eigenvalue weighted by Crippen LogP contribution is 2.31. The first kappa shape index (κ1) is 21.6. The summed E-state index contributed by atoms with van der Waals surface area (Å²) in [6.07, 6.45) is 3.21. The van der Waals surface area contributed by atoms with E-state index in [1.54, 1.807) is 11.3 Å². The van der Waals surface area contributed by atoms with Gasteiger partial charge in [-0.3, -0.25) is 9.36 Å². The highest BCUT2D eigenvalue weighted by molar-refractivity contribution is 7.99. The van der Waals surface area contributed by atoms with Crippen LogP contribution in [0.1, 0.15) is 50.6 Å². The number of aromatic nitrogens is 3. The lowest BCUT2D eigenvalue weighted by atomic mass is 10.1. The van der Waals surface area contributed by atoms with E-state index in [0.29, 0.717) is 5.75 Å². The molecule has 0 aliphatic carbocycles. The fourth-order valence-electron chi connectivity index (χ4n) is 3.06. The summed E-state index contributed by atoms with van der Waals surface area (Å²) in [5.41, 5.74) is 3.18. The van der Waals surface area contributed by atoms with Gasteiger partial charge in [-0.15, -0.1) is 21.5 Å². The zero-order valence-electron chi connectivity index (χ0n) is 17.4. The molecule has 0 saturated carbocycles. The summed E-state index contributed by atoms with van der Waals surface area (Å²) in [4.78, 5) is 13.8. The average molecular weight is 429 g/mol. The van der Waals surface area contributed by atoms with Crippen LogP contribution in [0.15, 0.2) is 40.9 Å². The number of hydrogen-bond acceptors (Lipinski definition) is 5. The van der Waals surface area contributed by atoms with Crippen LogP contribution in [-0.4, -0.2) is 26.4 Å². The Morgan fingerprint density at radius 1 is 1.21 bits per heavy atom. The van der Waals surface area contributed by atoms with Crippen molar-refractivity contribution in [1.82, 2.24) is 14.8 Å². The second-order valence-electron chi connectivity index (χ2n) is 7.21. The van der Waals surface area contributed by atoms with E-state index in [1.165, 1.54) is 22.2 Å². The molecule has 0 aliphatic rings. The topological polar surface area (TPSA) is 59.8 Å². The third-order valence-corrected chi connectivity index (χ3v) is 6.51. The monoisotopic (exact) mass is 428 g/mol. The van der Waals surface area contributed by atoms with Crippen LogP contribution in [0.2, 0.25) is 0 Å². The van der Waals surface area contributed by atoms with Crippen LogP contribution in [0.4, 0.5) is 5.69 Å². The molecule has 2 heterocycles. The van der Waals surface area contributed by atoms with Crippen molar-refractivity contribution in [2.75, 3.05) is 11.1 Å². The molecule has 29 heavy (non-hydrogen) atoms. The second-order valence-corrected chi connectivity index (χ2v) is 9.15. The molecule has 7 heteroatoms. The molecule has 0 radical (unpaired) electrons. The molecule has 0 unspecified atom stereocenters. The van der Waals surface area contributed by atoms with E-state index in [4.69, 9.17) is 0 Å². The van der Waals surface area contributed by atoms with Crippen LogP contribution >= 0.6 is 23.1 Å². The van der Waals surface area contributed by atoms with Crippen molar-refractivity contribution >= 4 is 34.7 Å². The van der Waals surface area contributed by atoms with Gasteiger partial charge in [-0.05, 0) is 50.5 Å². The van der Waals surface area contributed by atoms with Gasteiger partial charge in [0.05, 0.1) is 5.75 Å². The van der Waals surface area contributed by atoms with Gasteiger partial charge in [-0.25, -0.2) is 0 Å². The number of hydrogen-bond donors (Lipinski definition) is 1. The van der Waals surface area contributed by atoms with E-state index in [-0.39, 0.29) is 11.9 Å². The molecule has 0 bridgehead atoms. The summed E-state index contributed by atoms with van der Waals surface area (Å²) in [5.74, 6) is 1.13. The first-order chi connectivity index (χ1) is 14.0. The summed E-state index contributed by atoms with van der Waals surface area (Å²) in [5, 5.41) is 14.7. The Kier molecular flexibility index (Phi) is 7.50. The molecule has 0 aliphatic heterocycles. The molecule has 0 atom stereocenters. The van der Waals surface area contributed by atoms with Crippen LogP contribution in [-0.2, 0) is 17.6 Å². The molecule has 2 aromatic heterocycles. The van der Waals surface area contributed by atoms with Gasteiger partial charge in [0.25, 0.3) is 0 Å². The van der Waals surface area contributed by atoms with Gasteiger partial charge in [-0.2, -0.15) is 0 Å². The summed E-state index contributed by atoms with van der Waals surface area (Å²) in [6, 6.07) is 10.4. The molecular formula is C22H28N4OS2. The third-order valence-electron chi connectivity index (χ3n) is 4.57. The van der Waals surface area contributed by atoms with Gasteiger partial charge >= 0.3 is 0 Å². The largest absolute Gasteiger partial charge is 0.325 e. The smallest absolute Gasteiger partial charge is 0.234 e. The lowest BCUT2D eigenvalue weighted by molar-refractivity contribution is -0.113. The first-order valence-corrected chi connectivity index (χ1v) is 11.9. The summed E-state index contributed by atoms with van der Waals surface area (Å²) in [7, 11) is 0. The van der Waals surface area contributed by atoms with E-state index in [9.17, 15) is 4.79 Å². The number of carbonyl (C=O) groups is 1. The number of thiophene rings is 1. The number of nitrogens with one attached hydrogen (secondary N) is 1. The van der Waals surface area contributed by atoms with Crippen LogP contribution in [0.25, 0.3) is 11.4 Å². The third kappa shape index (κ3) is 5.48. The molecule has 1 aromatic carbocycles. The number of benzene rings is 1. The van der Waals surface area contributed by atoms with Crippen molar-refractivity contribution in [2.24, 2.45) is 0 Å². The maximum atomic E-state index is 12.4. The number of rotatable bonds is 9. The van der Waals surface area contributed by atoms with Gasteiger partial charge in [0, 0.05) is 27.5 Å². The number of nitrogens with zero attached hydrogens (tertiary/aromatic N) is 3. The normalized spacial score (nSPS) is 11.2. The van der Waals surface area contributed by atoms with Crippen molar-refractivity contribution in [1.29, 1.82) is 0 Å². The Bertz CT molecular complexity index is 944. The fourth-order valence-corrected chi connectivity index (χ4v) is 4.90. The van der Waals surface area contributed by atoms with Gasteiger partial charge < -0.3 is 5.32 Å². The van der Waals surface area contributed by atoms with Gasteiger partial charge in [0.1, 0.15) is 0 Å². The zero-order chi connectivity index (χ0) is 20.8. The Morgan fingerprint density at radius 2 is 1.97 bits per heavy atom. The van der Waals surface area contributed by atoms with E-state index in [0.717, 1.165) is 41.5 Å². The second kappa shape index (κ2) is 10.1. The molecule has 5 nitrogen and oxygen atoms in total. The highest BCUT2D eigenvalue weighted by atomic mass is 32.2. The van der Waals surface area contributed by atoms with Crippen LogP contribution in [0.3, 0.4) is 0 Å². The van der Waals surface area contributed by atoms with Crippen LogP contribution in [0.5, 0.6) is 0 Å². The van der Waals surface area contributed by atoms with Crippen molar-refractivity contribution in [2.45, 2.75) is 58.2 Å². The van der Waals surface area contributed by atoms with E-state index >= 15 is 0 Å². The lowest BCUT2D eigenvalue weighted by Gasteiger charge is -2.13. The Labute approximate surface area is 180 Å². The van der Waals surface area contributed by atoms with Crippen LogP contribution < -0.4 is 5.32 Å². The van der Waals surface area contributed by atoms with Crippen LogP contribution in [0, 0.1) is 0 Å². The molecule has 1 amide bonds. The molecule has 0 saturated heterocycles. The number of aryl methyl sites for hydroxylation is 2. The van der Waals surface area contributed by atoms with Crippen molar-refractivity contribution in [3.05, 3.63) is 46.2 Å². The highest BCUT2D eigenvalue weighted by Gasteiger charge is 2.19. The maximum absolute atomic E-state index is 12.4. The van der Waals surface area contributed by atoms with E-state index in [2.05, 4.69) is 59.2 Å². The molecule has 0 fully saturated rings. The predicted octanol–water partition coefficient (Wildman–Crippen LogP) is 5.83. The van der Waals surface area contributed by atoms with Crippen molar-refractivity contribution in [3.8, 4) is 11.4 Å². The molecule has 0 spiro atoms.